The number of ether oxygens (including phenoxy) is 2. The van der Waals surface area contributed by atoms with Gasteiger partial charge in [0.1, 0.15) is 11.0 Å². The summed E-state index contributed by atoms with van der Waals surface area (Å²) in [4.78, 5) is -0.358. The normalized spacial score (nSPS) is 11.7. The summed E-state index contributed by atoms with van der Waals surface area (Å²) >= 11 is 5.81. The van der Waals surface area contributed by atoms with E-state index in [1.165, 1.54) is 43.9 Å². The van der Waals surface area contributed by atoms with Crippen molar-refractivity contribution in [1.82, 2.24) is 0 Å². The van der Waals surface area contributed by atoms with E-state index in [2.05, 4.69) is 6.92 Å². The van der Waals surface area contributed by atoms with Crippen molar-refractivity contribution in [2.24, 2.45) is 0 Å². The molecule has 0 aliphatic carbocycles. The Hall–Kier alpha value is -2.49. The van der Waals surface area contributed by atoms with Gasteiger partial charge in [0.2, 0.25) is 9.84 Å². The topological polar surface area (TPSA) is 76.4 Å². The molecule has 0 saturated carbocycles. The summed E-state index contributed by atoms with van der Waals surface area (Å²) in [6, 6.07) is 12.5. The second kappa shape index (κ2) is 10.9. The van der Waals surface area contributed by atoms with E-state index in [0.29, 0.717) is 28.7 Å². The van der Waals surface area contributed by atoms with Gasteiger partial charge in [0.25, 0.3) is 0 Å². The van der Waals surface area contributed by atoms with Gasteiger partial charge < -0.3 is 9.47 Å². The van der Waals surface area contributed by atoms with Crippen LogP contribution in [0.25, 0.3) is 6.08 Å². The molecule has 154 valence electrons. The lowest BCUT2D eigenvalue weighted by molar-refractivity contribution is 0.285. The smallest absolute Gasteiger partial charge is 0.216 e. The molecule has 0 aliphatic rings. The Labute approximate surface area is 177 Å². The molecule has 0 unspecified atom stereocenters. The summed E-state index contributed by atoms with van der Waals surface area (Å²) in [5, 5.41) is 9.85. The Morgan fingerprint density at radius 3 is 2.45 bits per heavy atom. The molecule has 0 aromatic heterocycles. The number of rotatable bonds is 10. The molecule has 0 spiro atoms. The standard InChI is InChI=1S/C22H24ClNO4S/c1-3-4-5-6-13-28-21-12-7-17(15-22(21)27-2)14-20(16-24)29(25,26)19-10-8-18(23)9-11-19/h7-12,14-15H,3-6,13H2,1-2H3. The zero-order valence-corrected chi connectivity index (χ0v) is 18.1. The molecule has 29 heavy (non-hydrogen) atoms. The van der Waals surface area contributed by atoms with Crippen molar-refractivity contribution >= 4 is 27.5 Å². The van der Waals surface area contributed by atoms with Crippen LogP contribution in [0.15, 0.2) is 52.3 Å². The van der Waals surface area contributed by atoms with Gasteiger partial charge in [0, 0.05) is 5.02 Å². The summed E-state index contributed by atoms with van der Waals surface area (Å²) in [5.41, 5.74) is 0.522. The van der Waals surface area contributed by atoms with Gasteiger partial charge in [-0.05, 0) is 54.5 Å². The third-order valence-electron chi connectivity index (χ3n) is 4.26. The first-order chi connectivity index (χ1) is 13.9. The van der Waals surface area contributed by atoms with Crippen molar-refractivity contribution in [2.45, 2.75) is 37.5 Å². The number of nitrogens with zero attached hydrogens (tertiary/aromatic N) is 1. The highest BCUT2D eigenvalue weighted by Crippen LogP contribution is 2.30. The van der Waals surface area contributed by atoms with Gasteiger partial charge in [-0.3, -0.25) is 0 Å². The molecule has 0 radical (unpaired) electrons. The molecule has 7 heteroatoms. The largest absolute Gasteiger partial charge is 0.493 e. The quantitative estimate of drug-likeness (QED) is 0.357. The van der Waals surface area contributed by atoms with Crippen molar-refractivity contribution in [3.63, 3.8) is 0 Å². The highest BCUT2D eigenvalue weighted by Gasteiger charge is 2.21. The fourth-order valence-corrected chi connectivity index (χ4v) is 3.95. The zero-order chi connectivity index (χ0) is 21.3. The van der Waals surface area contributed by atoms with E-state index in [1.54, 1.807) is 24.3 Å². The summed E-state index contributed by atoms with van der Waals surface area (Å²) in [5.74, 6) is 1.07. The van der Waals surface area contributed by atoms with Crippen LogP contribution in [0.3, 0.4) is 0 Å². The maximum absolute atomic E-state index is 12.7. The molecule has 0 aliphatic heterocycles. The van der Waals surface area contributed by atoms with Crippen molar-refractivity contribution in [3.05, 3.63) is 58.0 Å². The molecular weight excluding hydrogens is 410 g/mol. The molecule has 0 saturated heterocycles. The lowest BCUT2D eigenvalue weighted by Crippen LogP contribution is -2.03. The molecular formula is C22H24ClNO4S. The average Bonchev–Trinajstić information content (AvgIpc) is 2.72. The maximum atomic E-state index is 12.7. The third-order valence-corrected chi connectivity index (χ3v) is 6.20. The molecule has 0 atom stereocenters. The Morgan fingerprint density at radius 2 is 1.83 bits per heavy atom. The van der Waals surface area contributed by atoms with E-state index in [0.717, 1.165) is 19.3 Å². The Bertz CT molecular complexity index is 992. The minimum atomic E-state index is -3.95. The van der Waals surface area contributed by atoms with E-state index >= 15 is 0 Å². The van der Waals surface area contributed by atoms with E-state index in [9.17, 15) is 13.7 Å². The van der Waals surface area contributed by atoms with Gasteiger partial charge >= 0.3 is 0 Å². The molecule has 0 bridgehead atoms. The van der Waals surface area contributed by atoms with Crippen molar-refractivity contribution < 1.29 is 17.9 Å². The molecule has 0 heterocycles. The highest BCUT2D eigenvalue weighted by atomic mass is 35.5. The molecule has 2 rings (SSSR count). The Kier molecular flexibility index (Phi) is 8.56. The predicted octanol–water partition coefficient (Wildman–Crippen LogP) is 5.65. The number of unbranched alkanes of at least 4 members (excludes halogenated alkanes) is 3. The Balaban J connectivity index is 2.25. The number of benzene rings is 2. The molecule has 5 nitrogen and oxygen atoms in total. The molecule has 0 N–H and O–H groups in total. The number of hydrogen-bond acceptors (Lipinski definition) is 5. The number of nitriles is 1. The van der Waals surface area contributed by atoms with Gasteiger partial charge in [0.15, 0.2) is 11.5 Å². The van der Waals surface area contributed by atoms with Crippen LogP contribution in [0.5, 0.6) is 11.5 Å². The molecule has 0 fully saturated rings. The van der Waals surface area contributed by atoms with Gasteiger partial charge in [-0.2, -0.15) is 5.26 Å². The monoisotopic (exact) mass is 433 g/mol. The van der Waals surface area contributed by atoms with Gasteiger partial charge in [0.05, 0.1) is 18.6 Å². The number of hydrogen-bond donors (Lipinski definition) is 0. The van der Waals surface area contributed by atoms with E-state index in [-0.39, 0.29) is 9.80 Å². The number of halogens is 1. The van der Waals surface area contributed by atoms with Crippen molar-refractivity contribution in [1.29, 1.82) is 5.26 Å². The summed E-state index contributed by atoms with van der Waals surface area (Å²) in [7, 11) is -2.43. The van der Waals surface area contributed by atoms with Crippen LogP contribution in [0.2, 0.25) is 5.02 Å². The SMILES string of the molecule is CCCCCCOc1ccc(C=C(C#N)S(=O)(=O)c2ccc(Cl)cc2)cc1OC. The van der Waals surface area contributed by atoms with E-state index in [1.807, 2.05) is 0 Å². The van der Waals surface area contributed by atoms with Crippen LogP contribution in [0.1, 0.15) is 38.2 Å². The summed E-state index contributed by atoms with van der Waals surface area (Å²) in [6.45, 7) is 2.73. The lowest BCUT2D eigenvalue weighted by atomic mass is 10.2. The van der Waals surface area contributed by atoms with Crippen LogP contribution in [0, 0.1) is 11.3 Å². The number of sulfone groups is 1. The van der Waals surface area contributed by atoms with Crippen LogP contribution >= 0.6 is 11.6 Å². The van der Waals surface area contributed by atoms with E-state index in [4.69, 9.17) is 21.1 Å². The molecule has 2 aromatic carbocycles. The minimum absolute atomic E-state index is 0.00805. The van der Waals surface area contributed by atoms with Crippen molar-refractivity contribution in [3.8, 4) is 17.6 Å². The zero-order valence-electron chi connectivity index (χ0n) is 16.5. The fourth-order valence-electron chi connectivity index (χ4n) is 2.67. The number of allylic oxidation sites excluding steroid dienone is 1. The average molecular weight is 434 g/mol. The first-order valence-electron chi connectivity index (χ1n) is 9.35. The number of methoxy groups -OCH3 is 1. The molecule has 2 aromatic rings. The van der Waals surface area contributed by atoms with Gasteiger partial charge in [-0.15, -0.1) is 0 Å². The van der Waals surface area contributed by atoms with Crippen LogP contribution in [-0.2, 0) is 9.84 Å². The fraction of sp³-hybridized carbons (Fsp3) is 0.318. The summed E-state index contributed by atoms with van der Waals surface area (Å²) < 4.78 is 36.6. The first-order valence-corrected chi connectivity index (χ1v) is 11.2. The van der Waals surface area contributed by atoms with Crippen LogP contribution in [-0.4, -0.2) is 22.1 Å². The second-order valence-electron chi connectivity index (χ2n) is 6.40. The van der Waals surface area contributed by atoms with Gasteiger partial charge in [-0.1, -0.05) is 43.9 Å². The third kappa shape index (κ3) is 6.25. The predicted molar refractivity (Wildman–Crippen MR) is 115 cm³/mol. The lowest BCUT2D eigenvalue weighted by Gasteiger charge is -2.11. The minimum Gasteiger partial charge on any atom is -0.493 e. The molecule has 0 amide bonds. The van der Waals surface area contributed by atoms with Crippen molar-refractivity contribution in [2.75, 3.05) is 13.7 Å². The van der Waals surface area contributed by atoms with E-state index < -0.39 is 9.84 Å². The van der Waals surface area contributed by atoms with Crippen LogP contribution < -0.4 is 9.47 Å². The Morgan fingerprint density at radius 1 is 1.10 bits per heavy atom. The highest BCUT2D eigenvalue weighted by molar-refractivity contribution is 7.95. The second-order valence-corrected chi connectivity index (χ2v) is 8.75. The van der Waals surface area contributed by atoms with Gasteiger partial charge in [-0.25, -0.2) is 8.42 Å². The maximum Gasteiger partial charge on any atom is 0.216 e. The first kappa shape index (κ1) is 22.8. The summed E-state index contributed by atoms with van der Waals surface area (Å²) in [6.07, 6.45) is 5.70. The van der Waals surface area contributed by atoms with Crippen LogP contribution in [0.4, 0.5) is 0 Å².